The van der Waals surface area contributed by atoms with Gasteiger partial charge in [0.05, 0.1) is 21.4 Å². The maximum atomic E-state index is 11.3. The molecule has 0 aliphatic rings. The first-order valence-corrected chi connectivity index (χ1v) is 6.15. The topological polar surface area (TPSA) is 29.1 Å². The Hall–Kier alpha value is -1.51. The van der Waals surface area contributed by atoms with Crippen molar-refractivity contribution in [1.82, 2.24) is 0 Å². The summed E-state index contributed by atoms with van der Waals surface area (Å²) >= 11 is 12.1. The first-order chi connectivity index (χ1) is 8.58. The zero-order chi connectivity index (χ0) is 13.1. The van der Waals surface area contributed by atoms with Gasteiger partial charge in [0.2, 0.25) is 0 Å². The van der Waals surface area contributed by atoms with Crippen molar-refractivity contribution in [2.45, 2.75) is 6.92 Å². The molecule has 0 aromatic heterocycles. The number of nitrogens with one attached hydrogen (secondary N) is 1. The van der Waals surface area contributed by atoms with Crippen molar-refractivity contribution in [2.75, 3.05) is 5.32 Å². The summed E-state index contributed by atoms with van der Waals surface area (Å²) in [6, 6.07) is 12.5. The normalized spacial score (nSPS) is 10.2. The Kier molecular flexibility index (Phi) is 3.90. The molecule has 2 aromatic rings. The number of Topliss-reactive ketones (excluding diaryl/α,β-unsaturated/α-hetero) is 1. The summed E-state index contributed by atoms with van der Waals surface area (Å²) in [5, 5.41) is 4.26. The Balaban J connectivity index is 2.37. The number of carbonyl (C=O) groups excluding carboxylic acids is 1. The molecule has 0 radical (unpaired) electrons. The van der Waals surface area contributed by atoms with E-state index in [0.717, 1.165) is 5.69 Å². The van der Waals surface area contributed by atoms with Crippen LogP contribution in [0.25, 0.3) is 0 Å². The van der Waals surface area contributed by atoms with Crippen LogP contribution in [0.2, 0.25) is 10.0 Å². The quantitative estimate of drug-likeness (QED) is 0.807. The molecule has 0 aliphatic carbocycles. The van der Waals surface area contributed by atoms with E-state index in [1.807, 2.05) is 18.2 Å². The van der Waals surface area contributed by atoms with E-state index >= 15 is 0 Å². The Bertz CT molecular complexity index is 596. The number of rotatable bonds is 3. The van der Waals surface area contributed by atoms with Gasteiger partial charge in [0, 0.05) is 5.56 Å². The van der Waals surface area contributed by atoms with Crippen LogP contribution in [0.4, 0.5) is 11.4 Å². The third kappa shape index (κ3) is 2.84. The lowest BCUT2D eigenvalue weighted by atomic mass is 10.1. The van der Waals surface area contributed by atoms with E-state index in [2.05, 4.69) is 5.32 Å². The van der Waals surface area contributed by atoms with Crippen molar-refractivity contribution in [1.29, 1.82) is 0 Å². The zero-order valence-electron chi connectivity index (χ0n) is 9.71. The Labute approximate surface area is 116 Å². The third-order valence-electron chi connectivity index (χ3n) is 2.52. The second-order valence-electron chi connectivity index (χ2n) is 3.86. The SMILES string of the molecule is CC(=O)c1ccc(Cl)c(Nc2ccccc2Cl)c1. The van der Waals surface area contributed by atoms with Gasteiger partial charge in [-0.25, -0.2) is 0 Å². The molecule has 0 heterocycles. The Morgan fingerprint density at radius 3 is 2.33 bits per heavy atom. The number of anilines is 2. The van der Waals surface area contributed by atoms with Gasteiger partial charge in [-0.15, -0.1) is 0 Å². The van der Waals surface area contributed by atoms with Gasteiger partial charge in [-0.3, -0.25) is 4.79 Å². The summed E-state index contributed by atoms with van der Waals surface area (Å²) < 4.78 is 0. The number of carbonyl (C=O) groups is 1. The van der Waals surface area contributed by atoms with Crippen LogP contribution in [0.5, 0.6) is 0 Å². The first kappa shape index (κ1) is 12.9. The highest BCUT2D eigenvalue weighted by Crippen LogP contribution is 2.30. The molecule has 2 aromatic carbocycles. The second kappa shape index (κ2) is 5.42. The maximum absolute atomic E-state index is 11.3. The van der Waals surface area contributed by atoms with Crippen LogP contribution in [-0.4, -0.2) is 5.78 Å². The first-order valence-electron chi connectivity index (χ1n) is 5.40. The summed E-state index contributed by atoms with van der Waals surface area (Å²) in [5.41, 5.74) is 2.02. The number of ketones is 1. The van der Waals surface area contributed by atoms with Crippen LogP contribution in [0.1, 0.15) is 17.3 Å². The molecule has 2 nitrogen and oxygen atoms in total. The molecule has 4 heteroatoms. The number of benzene rings is 2. The lowest BCUT2D eigenvalue weighted by Crippen LogP contribution is -1.96. The summed E-state index contributed by atoms with van der Waals surface area (Å²) in [7, 11) is 0. The fourth-order valence-electron chi connectivity index (χ4n) is 1.55. The van der Waals surface area contributed by atoms with E-state index in [0.29, 0.717) is 21.3 Å². The molecule has 0 aliphatic heterocycles. The minimum atomic E-state index is -0.00567. The van der Waals surface area contributed by atoms with Gasteiger partial charge in [-0.2, -0.15) is 0 Å². The van der Waals surface area contributed by atoms with Gasteiger partial charge in [-0.05, 0) is 37.3 Å². The minimum Gasteiger partial charge on any atom is -0.353 e. The summed E-state index contributed by atoms with van der Waals surface area (Å²) in [4.78, 5) is 11.3. The summed E-state index contributed by atoms with van der Waals surface area (Å²) in [6.07, 6.45) is 0. The average Bonchev–Trinajstić information content (AvgIpc) is 2.34. The highest BCUT2D eigenvalue weighted by atomic mass is 35.5. The van der Waals surface area contributed by atoms with Crippen LogP contribution in [0.15, 0.2) is 42.5 Å². The fourth-order valence-corrected chi connectivity index (χ4v) is 1.90. The van der Waals surface area contributed by atoms with Crippen molar-refractivity contribution in [2.24, 2.45) is 0 Å². The van der Waals surface area contributed by atoms with Gasteiger partial charge in [-0.1, -0.05) is 35.3 Å². The van der Waals surface area contributed by atoms with E-state index < -0.39 is 0 Å². The zero-order valence-corrected chi connectivity index (χ0v) is 11.2. The van der Waals surface area contributed by atoms with Crippen molar-refractivity contribution in [3.05, 3.63) is 58.1 Å². The Morgan fingerprint density at radius 2 is 1.67 bits per heavy atom. The fraction of sp³-hybridized carbons (Fsp3) is 0.0714. The van der Waals surface area contributed by atoms with E-state index in [1.165, 1.54) is 6.92 Å². The minimum absolute atomic E-state index is 0.00567. The predicted molar refractivity (Wildman–Crippen MR) is 76.2 cm³/mol. The molecule has 92 valence electrons. The number of para-hydroxylation sites is 1. The molecule has 0 saturated heterocycles. The molecule has 0 fully saturated rings. The monoisotopic (exact) mass is 279 g/mol. The molecular formula is C14H11Cl2NO. The molecule has 18 heavy (non-hydrogen) atoms. The molecule has 2 rings (SSSR count). The standard InChI is InChI=1S/C14H11Cl2NO/c1-9(18)10-6-7-12(16)14(8-10)17-13-5-3-2-4-11(13)15/h2-8,17H,1H3. The number of halogens is 2. The molecule has 0 unspecified atom stereocenters. The van der Waals surface area contributed by atoms with Crippen molar-refractivity contribution >= 4 is 40.4 Å². The second-order valence-corrected chi connectivity index (χ2v) is 4.67. The smallest absolute Gasteiger partial charge is 0.159 e. The third-order valence-corrected chi connectivity index (χ3v) is 3.18. The number of hydrogen-bond acceptors (Lipinski definition) is 2. The molecular weight excluding hydrogens is 269 g/mol. The van der Waals surface area contributed by atoms with Gasteiger partial charge in [0.1, 0.15) is 0 Å². The predicted octanol–water partition coefficient (Wildman–Crippen LogP) is 4.94. The maximum Gasteiger partial charge on any atom is 0.159 e. The molecule has 0 amide bonds. The van der Waals surface area contributed by atoms with Crippen LogP contribution in [0, 0.1) is 0 Å². The molecule has 1 N–H and O–H groups in total. The summed E-state index contributed by atoms with van der Waals surface area (Å²) in [6.45, 7) is 1.52. The van der Waals surface area contributed by atoms with E-state index in [-0.39, 0.29) is 5.78 Å². The summed E-state index contributed by atoms with van der Waals surface area (Å²) in [5.74, 6) is -0.00567. The highest BCUT2D eigenvalue weighted by molar-refractivity contribution is 6.35. The lowest BCUT2D eigenvalue weighted by molar-refractivity contribution is 0.101. The van der Waals surface area contributed by atoms with E-state index in [9.17, 15) is 4.79 Å². The Morgan fingerprint density at radius 1 is 1.00 bits per heavy atom. The number of hydrogen-bond donors (Lipinski definition) is 1. The van der Waals surface area contributed by atoms with Crippen LogP contribution < -0.4 is 5.32 Å². The molecule has 0 bridgehead atoms. The van der Waals surface area contributed by atoms with Crippen molar-refractivity contribution in [3.8, 4) is 0 Å². The van der Waals surface area contributed by atoms with Gasteiger partial charge < -0.3 is 5.32 Å². The van der Waals surface area contributed by atoms with Crippen LogP contribution in [-0.2, 0) is 0 Å². The molecule has 0 atom stereocenters. The van der Waals surface area contributed by atoms with Gasteiger partial charge >= 0.3 is 0 Å². The van der Waals surface area contributed by atoms with Gasteiger partial charge in [0.25, 0.3) is 0 Å². The van der Waals surface area contributed by atoms with Gasteiger partial charge in [0.15, 0.2) is 5.78 Å². The van der Waals surface area contributed by atoms with Crippen molar-refractivity contribution in [3.63, 3.8) is 0 Å². The largest absolute Gasteiger partial charge is 0.353 e. The van der Waals surface area contributed by atoms with Crippen molar-refractivity contribution < 1.29 is 4.79 Å². The lowest BCUT2D eigenvalue weighted by Gasteiger charge is -2.10. The highest BCUT2D eigenvalue weighted by Gasteiger charge is 2.07. The van der Waals surface area contributed by atoms with Crippen LogP contribution >= 0.6 is 23.2 Å². The van der Waals surface area contributed by atoms with Crippen LogP contribution in [0.3, 0.4) is 0 Å². The average molecular weight is 280 g/mol. The molecule has 0 spiro atoms. The molecule has 0 saturated carbocycles. The van der Waals surface area contributed by atoms with E-state index in [4.69, 9.17) is 23.2 Å². The van der Waals surface area contributed by atoms with E-state index in [1.54, 1.807) is 24.3 Å².